The van der Waals surface area contributed by atoms with E-state index in [1.54, 1.807) is 6.07 Å². The van der Waals surface area contributed by atoms with E-state index in [9.17, 15) is 19.8 Å². The first-order valence-corrected chi connectivity index (χ1v) is 9.71. The summed E-state index contributed by atoms with van der Waals surface area (Å²) in [5, 5.41) is 23.2. The number of carbonyl (C=O) groups excluding carboxylic acids is 2. The highest BCUT2D eigenvalue weighted by Gasteiger charge is 2.21. The molecule has 26 heavy (non-hydrogen) atoms. The summed E-state index contributed by atoms with van der Waals surface area (Å²) in [7, 11) is 0. The molecule has 4 heteroatoms. The van der Waals surface area contributed by atoms with Crippen molar-refractivity contribution in [1.29, 1.82) is 0 Å². The van der Waals surface area contributed by atoms with Gasteiger partial charge in [-0.2, -0.15) is 0 Å². The SMILES string of the molecule is CCC(C)C(C)Cc1ccc(C(=O)[O-])c(C(=O)[O-])c1CC(C)C(C)CC. The number of rotatable bonds is 10. The van der Waals surface area contributed by atoms with E-state index in [0.29, 0.717) is 29.7 Å². The van der Waals surface area contributed by atoms with Gasteiger partial charge in [-0.25, -0.2) is 0 Å². The van der Waals surface area contributed by atoms with Crippen LogP contribution in [0.15, 0.2) is 12.1 Å². The van der Waals surface area contributed by atoms with Crippen LogP contribution in [0.2, 0.25) is 0 Å². The predicted octanol–water partition coefficient (Wildman–Crippen LogP) is 2.86. The fraction of sp³-hybridized carbons (Fsp3) is 0.636. The van der Waals surface area contributed by atoms with Crippen molar-refractivity contribution in [3.63, 3.8) is 0 Å². The normalized spacial score (nSPS) is 15.9. The van der Waals surface area contributed by atoms with E-state index in [2.05, 4.69) is 41.5 Å². The molecule has 146 valence electrons. The van der Waals surface area contributed by atoms with Crippen molar-refractivity contribution < 1.29 is 19.8 Å². The summed E-state index contributed by atoms with van der Waals surface area (Å²) in [5.41, 5.74) is 1.04. The lowest BCUT2D eigenvalue weighted by molar-refractivity contribution is -0.259. The third kappa shape index (κ3) is 5.33. The van der Waals surface area contributed by atoms with Crippen LogP contribution >= 0.6 is 0 Å². The maximum absolute atomic E-state index is 11.8. The van der Waals surface area contributed by atoms with E-state index in [1.165, 1.54) is 6.07 Å². The summed E-state index contributed by atoms with van der Waals surface area (Å²) in [5.74, 6) is -1.37. The standard InChI is InChI=1S/C22H34O4/c1-7-13(3)15(5)11-17-9-10-18(21(23)24)20(22(25)26)19(17)12-16(6)14(4)8-2/h9-10,13-16H,7-8,11-12H2,1-6H3,(H,23,24)(H,25,26)/p-2. The van der Waals surface area contributed by atoms with Crippen molar-refractivity contribution in [3.8, 4) is 0 Å². The predicted molar refractivity (Wildman–Crippen MR) is 99.7 cm³/mol. The number of benzene rings is 1. The number of carboxylic acid groups (broad SMARTS) is 2. The minimum Gasteiger partial charge on any atom is -0.545 e. The Morgan fingerprint density at radius 2 is 1.31 bits per heavy atom. The average molecular weight is 360 g/mol. The maximum atomic E-state index is 11.8. The quantitative estimate of drug-likeness (QED) is 0.642. The molecule has 0 N–H and O–H groups in total. The molecule has 0 fully saturated rings. The molecule has 0 saturated carbocycles. The Bertz CT molecular complexity index is 635. The maximum Gasteiger partial charge on any atom is 0.0724 e. The second-order valence-corrected chi connectivity index (χ2v) is 7.83. The zero-order valence-corrected chi connectivity index (χ0v) is 16.9. The van der Waals surface area contributed by atoms with Crippen LogP contribution in [0.25, 0.3) is 0 Å². The second-order valence-electron chi connectivity index (χ2n) is 7.83. The molecule has 0 aromatic heterocycles. The Hall–Kier alpha value is -1.84. The van der Waals surface area contributed by atoms with Gasteiger partial charge in [-0.3, -0.25) is 0 Å². The van der Waals surface area contributed by atoms with Crippen LogP contribution in [0.1, 0.15) is 86.2 Å². The summed E-state index contributed by atoms with van der Waals surface area (Å²) in [4.78, 5) is 23.2. The molecular formula is C22H32O4-2. The van der Waals surface area contributed by atoms with Gasteiger partial charge in [0, 0.05) is 11.1 Å². The highest BCUT2D eigenvalue weighted by atomic mass is 16.4. The van der Waals surface area contributed by atoms with E-state index < -0.39 is 11.9 Å². The average Bonchev–Trinajstić information content (AvgIpc) is 2.60. The molecule has 4 nitrogen and oxygen atoms in total. The molecule has 0 aliphatic heterocycles. The van der Waals surface area contributed by atoms with Crippen molar-refractivity contribution in [1.82, 2.24) is 0 Å². The first-order valence-electron chi connectivity index (χ1n) is 9.71. The van der Waals surface area contributed by atoms with Gasteiger partial charge < -0.3 is 19.8 Å². The van der Waals surface area contributed by atoms with Crippen molar-refractivity contribution in [3.05, 3.63) is 34.4 Å². The topological polar surface area (TPSA) is 80.3 Å². The summed E-state index contributed by atoms with van der Waals surface area (Å²) >= 11 is 0. The van der Waals surface area contributed by atoms with E-state index >= 15 is 0 Å². The highest BCUT2D eigenvalue weighted by Crippen LogP contribution is 2.29. The van der Waals surface area contributed by atoms with Crippen LogP contribution < -0.4 is 10.2 Å². The molecule has 0 aliphatic carbocycles. The van der Waals surface area contributed by atoms with E-state index in [4.69, 9.17) is 0 Å². The smallest absolute Gasteiger partial charge is 0.0724 e. The fourth-order valence-electron chi connectivity index (χ4n) is 3.39. The molecule has 0 amide bonds. The second kappa shape index (κ2) is 9.75. The van der Waals surface area contributed by atoms with Gasteiger partial charge in [0.15, 0.2) is 0 Å². The molecule has 0 aliphatic rings. The van der Waals surface area contributed by atoms with Gasteiger partial charge in [0.05, 0.1) is 11.9 Å². The van der Waals surface area contributed by atoms with E-state index in [0.717, 1.165) is 24.8 Å². The van der Waals surface area contributed by atoms with Crippen molar-refractivity contribution >= 4 is 11.9 Å². The minimum atomic E-state index is -1.47. The van der Waals surface area contributed by atoms with Gasteiger partial charge in [-0.1, -0.05) is 66.5 Å². The van der Waals surface area contributed by atoms with Crippen LogP contribution in [-0.4, -0.2) is 11.9 Å². The lowest BCUT2D eigenvalue weighted by Gasteiger charge is -2.27. The zero-order valence-electron chi connectivity index (χ0n) is 16.9. The number of hydrogen-bond acceptors (Lipinski definition) is 4. The monoisotopic (exact) mass is 360 g/mol. The van der Waals surface area contributed by atoms with E-state index in [1.807, 2.05) is 0 Å². The first kappa shape index (κ1) is 22.2. The molecule has 4 atom stereocenters. The van der Waals surface area contributed by atoms with Crippen LogP contribution in [-0.2, 0) is 12.8 Å². The number of aromatic carboxylic acids is 2. The van der Waals surface area contributed by atoms with Gasteiger partial charge >= 0.3 is 0 Å². The van der Waals surface area contributed by atoms with Gasteiger partial charge in [-0.15, -0.1) is 0 Å². The molecule has 0 saturated heterocycles. The third-order valence-corrected chi connectivity index (χ3v) is 6.13. The van der Waals surface area contributed by atoms with Crippen molar-refractivity contribution in [2.75, 3.05) is 0 Å². The number of carboxylic acids is 2. The summed E-state index contributed by atoms with van der Waals surface area (Å²) < 4.78 is 0. The van der Waals surface area contributed by atoms with Crippen LogP contribution in [0.3, 0.4) is 0 Å². The lowest BCUT2D eigenvalue weighted by atomic mass is 9.80. The minimum absolute atomic E-state index is 0.200. The van der Waals surface area contributed by atoms with Gasteiger partial charge in [0.2, 0.25) is 0 Å². The Morgan fingerprint density at radius 3 is 1.73 bits per heavy atom. The van der Waals surface area contributed by atoms with Gasteiger partial charge in [0.1, 0.15) is 0 Å². The molecule has 1 aromatic rings. The molecular weight excluding hydrogens is 328 g/mol. The molecule has 0 radical (unpaired) electrons. The molecule has 0 bridgehead atoms. The lowest BCUT2D eigenvalue weighted by Crippen LogP contribution is -2.32. The van der Waals surface area contributed by atoms with Gasteiger partial charge in [0.25, 0.3) is 0 Å². The zero-order chi connectivity index (χ0) is 20.0. The Kier molecular flexibility index (Phi) is 8.32. The summed E-state index contributed by atoms with van der Waals surface area (Å²) in [6.45, 7) is 12.8. The third-order valence-electron chi connectivity index (χ3n) is 6.13. The summed E-state index contributed by atoms with van der Waals surface area (Å²) in [6, 6.07) is 3.12. The molecule has 1 rings (SSSR count). The van der Waals surface area contributed by atoms with Crippen LogP contribution in [0.4, 0.5) is 0 Å². The summed E-state index contributed by atoms with van der Waals surface area (Å²) in [6.07, 6.45) is 3.29. The Balaban J connectivity index is 3.46. The highest BCUT2D eigenvalue weighted by molar-refractivity contribution is 6.01. The van der Waals surface area contributed by atoms with Crippen molar-refractivity contribution in [2.45, 2.75) is 67.2 Å². The van der Waals surface area contributed by atoms with Crippen molar-refractivity contribution in [2.24, 2.45) is 23.7 Å². The molecule has 4 unspecified atom stereocenters. The van der Waals surface area contributed by atoms with E-state index in [-0.39, 0.29) is 17.0 Å². The fourth-order valence-corrected chi connectivity index (χ4v) is 3.39. The van der Waals surface area contributed by atoms with Gasteiger partial charge in [-0.05, 0) is 47.6 Å². The largest absolute Gasteiger partial charge is 0.545 e. The molecule has 1 aromatic carbocycles. The number of carbonyl (C=O) groups is 2. The van der Waals surface area contributed by atoms with Crippen LogP contribution in [0, 0.1) is 23.7 Å². The Morgan fingerprint density at radius 1 is 0.808 bits per heavy atom. The molecule has 0 spiro atoms. The first-order chi connectivity index (χ1) is 12.1. The molecule has 0 heterocycles. The van der Waals surface area contributed by atoms with Crippen LogP contribution in [0.5, 0.6) is 0 Å². The Labute approximate surface area is 157 Å². The number of hydrogen-bond donors (Lipinski definition) is 0.